The molecule has 6 nitrogen and oxygen atoms in total. The topological polar surface area (TPSA) is 84.0 Å². The number of nitrogens with one attached hydrogen (secondary N) is 2. The second kappa shape index (κ2) is 10.4. The lowest BCUT2D eigenvalue weighted by atomic mass is 10.1. The fraction of sp³-hybridized carbons (Fsp3) is 0.200. The molecule has 2 amide bonds. The van der Waals surface area contributed by atoms with Gasteiger partial charge in [0.2, 0.25) is 11.0 Å². The van der Waals surface area contributed by atoms with Crippen LogP contribution in [-0.2, 0) is 11.2 Å². The number of aromatic nitrogens is 2. The number of halogens is 1. The van der Waals surface area contributed by atoms with Crippen molar-refractivity contribution in [2.24, 2.45) is 0 Å². The maximum Gasteiger partial charge on any atom is 0.259 e. The van der Waals surface area contributed by atoms with Gasteiger partial charge in [0.15, 0.2) is 0 Å². The zero-order valence-corrected chi connectivity index (χ0v) is 18.0. The molecule has 0 fully saturated rings. The van der Waals surface area contributed by atoms with Crippen molar-refractivity contribution in [2.45, 2.75) is 24.7 Å². The fourth-order valence-corrected chi connectivity index (χ4v) is 4.06. The summed E-state index contributed by atoms with van der Waals surface area (Å²) in [7, 11) is 0. The van der Waals surface area contributed by atoms with Gasteiger partial charge in [0.05, 0.1) is 11.3 Å². The number of thioether (sulfide) groups is 1. The normalized spacial score (nSPS) is 10.6. The molecule has 0 unspecified atom stereocenters. The van der Waals surface area contributed by atoms with Crippen LogP contribution in [0.1, 0.15) is 28.7 Å². The van der Waals surface area contributed by atoms with Gasteiger partial charge in [-0.25, -0.2) is 0 Å². The van der Waals surface area contributed by atoms with Gasteiger partial charge < -0.3 is 5.32 Å². The van der Waals surface area contributed by atoms with E-state index in [1.165, 1.54) is 11.3 Å². The highest BCUT2D eigenvalue weighted by Gasteiger charge is 2.15. The Kier molecular flexibility index (Phi) is 7.62. The van der Waals surface area contributed by atoms with E-state index in [0.29, 0.717) is 33.6 Å². The Morgan fingerprint density at radius 3 is 2.55 bits per heavy atom. The third kappa shape index (κ3) is 6.28. The zero-order chi connectivity index (χ0) is 20.6. The van der Waals surface area contributed by atoms with Crippen LogP contribution < -0.4 is 10.6 Å². The van der Waals surface area contributed by atoms with Crippen LogP contribution >= 0.6 is 34.7 Å². The molecule has 9 heteroatoms. The van der Waals surface area contributed by atoms with E-state index in [4.69, 9.17) is 11.6 Å². The molecule has 2 aromatic carbocycles. The summed E-state index contributed by atoms with van der Waals surface area (Å²) in [5.41, 5.74) is 0.839. The first-order chi connectivity index (χ1) is 14.0. The van der Waals surface area contributed by atoms with Crippen LogP contribution in [0.25, 0.3) is 0 Å². The fourth-order valence-electron chi connectivity index (χ4n) is 2.41. The van der Waals surface area contributed by atoms with E-state index in [1.807, 2.05) is 31.2 Å². The lowest BCUT2D eigenvalue weighted by Crippen LogP contribution is -2.18. The Morgan fingerprint density at radius 2 is 1.83 bits per heavy atom. The Morgan fingerprint density at radius 1 is 1.07 bits per heavy atom. The Labute approximate surface area is 182 Å². The SMILES string of the molecule is CCc1nnc(NC(=O)c2ccccc2NC(=O)CCSc2ccc(Cl)cc2)s1. The molecule has 0 saturated heterocycles. The molecule has 0 spiro atoms. The van der Waals surface area contributed by atoms with E-state index in [9.17, 15) is 9.59 Å². The molecule has 0 saturated carbocycles. The van der Waals surface area contributed by atoms with Crippen LogP contribution in [0.2, 0.25) is 5.02 Å². The van der Waals surface area contributed by atoms with Crippen molar-refractivity contribution >= 4 is 57.3 Å². The third-order valence-corrected chi connectivity index (χ3v) is 6.10. The molecule has 0 bridgehead atoms. The number of carbonyl (C=O) groups is 2. The maximum absolute atomic E-state index is 12.6. The van der Waals surface area contributed by atoms with E-state index in [1.54, 1.807) is 36.0 Å². The van der Waals surface area contributed by atoms with Crippen molar-refractivity contribution in [1.29, 1.82) is 0 Å². The molecule has 1 heterocycles. The van der Waals surface area contributed by atoms with Crippen LogP contribution in [0.3, 0.4) is 0 Å². The van der Waals surface area contributed by atoms with Crippen molar-refractivity contribution < 1.29 is 9.59 Å². The molecule has 0 aliphatic heterocycles. The summed E-state index contributed by atoms with van der Waals surface area (Å²) < 4.78 is 0. The monoisotopic (exact) mass is 446 g/mol. The van der Waals surface area contributed by atoms with Crippen molar-refractivity contribution in [3.05, 3.63) is 64.1 Å². The largest absolute Gasteiger partial charge is 0.325 e. The molecule has 0 aliphatic rings. The Bertz CT molecular complexity index is 992. The number of aryl methyl sites for hydroxylation is 1. The third-order valence-electron chi connectivity index (χ3n) is 3.85. The van der Waals surface area contributed by atoms with Gasteiger partial charge in [0.1, 0.15) is 5.01 Å². The molecule has 1 aromatic heterocycles. The highest BCUT2D eigenvalue weighted by molar-refractivity contribution is 7.99. The molecule has 150 valence electrons. The average Bonchev–Trinajstić information content (AvgIpc) is 3.17. The number of carbonyl (C=O) groups excluding carboxylic acids is 2. The number of hydrogen-bond acceptors (Lipinski definition) is 6. The van der Waals surface area contributed by atoms with E-state index in [0.717, 1.165) is 16.3 Å². The first-order valence-electron chi connectivity index (χ1n) is 8.96. The highest BCUT2D eigenvalue weighted by Crippen LogP contribution is 2.22. The lowest BCUT2D eigenvalue weighted by molar-refractivity contribution is -0.115. The van der Waals surface area contributed by atoms with Crippen LogP contribution in [0.15, 0.2) is 53.4 Å². The number of hydrogen-bond donors (Lipinski definition) is 2. The summed E-state index contributed by atoms with van der Waals surface area (Å²) in [6.45, 7) is 1.97. The maximum atomic E-state index is 12.6. The standard InChI is InChI=1S/C20H19ClN4O2S2/c1-2-18-24-25-20(29-18)23-19(27)15-5-3-4-6-16(15)22-17(26)11-12-28-14-9-7-13(21)8-10-14/h3-10H,2,11-12H2,1H3,(H,22,26)(H,23,25,27). The van der Waals surface area contributed by atoms with Crippen molar-refractivity contribution in [3.8, 4) is 0 Å². The molecule has 29 heavy (non-hydrogen) atoms. The number of amides is 2. The minimum absolute atomic E-state index is 0.157. The van der Waals surface area contributed by atoms with Crippen molar-refractivity contribution in [3.63, 3.8) is 0 Å². The highest BCUT2D eigenvalue weighted by atomic mass is 35.5. The van der Waals surface area contributed by atoms with Gasteiger partial charge in [-0.05, 0) is 42.8 Å². The van der Waals surface area contributed by atoms with E-state index in [-0.39, 0.29) is 11.8 Å². The van der Waals surface area contributed by atoms with Crippen LogP contribution in [0.5, 0.6) is 0 Å². The van der Waals surface area contributed by atoms with Crippen LogP contribution in [-0.4, -0.2) is 27.8 Å². The van der Waals surface area contributed by atoms with Gasteiger partial charge in [-0.3, -0.25) is 14.9 Å². The number of benzene rings is 2. The van der Waals surface area contributed by atoms with Gasteiger partial charge in [0, 0.05) is 22.1 Å². The predicted octanol–water partition coefficient (Wildman–Crippen LogP) is 5.13. The lowest BCUT2D eigenvalue weighted by Gasteiger charge is -2.10. The molecule has 3 aromatic rings. The van der Waals surface area contributed by atoms with Gasteiger partial charge in [-0.1, -0.05) is 42.0 Å². The Hall–Kier alpha value is -2.42. The first kappa shape index (κ1) is 21.3. The van der Waals surface area contributed by atoms with Crippen molar-refractivity contribution in [2.75, 3.05) is 16.4 Å². The van der Waals surface area contributed by atoms with Gasteiger partial charge in [-0.15, -0.1) is 22.0 Å². The van der Waals surface area contributed by atoms with Gasteiger partial charge in [-0.2, -0.15) is 0 Å². The molecule has 3 rings (SSSR count). The number of para-hydroxylation sites is 1. The van der Waals surface area contributed by atoms with E-state index in [2.05, 4.69) is 20.8 Å². The molecule has 2 N–H and O–H groups in total. The molecule has 0 aliphatic carbocycles. The molecular formula is C20H19ClN4O2S2. The smallest absolute Gasteiger partial charge is 0.259 e. The predicted molar refractivity (Wildman–Crippen MR) is 119 cm³/mol. The molecule has 0 radical (unpaired) electrons. The number of nitrogens with zero attached hydrogens (tertiary/aromatic N) is 2. The van der Waals surface area contributed by atoms with Crippen LogP contribution in [0, 0.1) is 0 Å². The molecule has 0 atom stereocenters. The minimum Gasteiger partial charge on any atom is -0.325 e. The summed E-state index contributed by atoms with van der Waals surface area (Å²) in [6, 6.07) is 14.4. The summed E-state index contributed by atoms with van der Waals surface area (Å²) >= 11 is 8.78. The van der Waals surface area contributed by atoms with Gasteiger partial charge in [0.25, 0.3) is 5.91 Å². The minimum atomic E-state index is -0.338. The molecular weight excluding hydrogens is 428 g/mol. The Balaban J connectivity index is 1.56. The van der Waals surface area contributed by atoms with E-state index >= 15 is 0 Å². The van der Waals surface area contributed by atoms with Crippen molar-refractivity contribution in [1.82, 2.24) is 10.2 Å². The first-order valence-corrected chi connectivity index (χ1v) is 11.1. The second-order valence-corrected chi connectivity index (χ2v) is 8.62. The summed E-state index contributed by atoms with van der Waals surface area (Å²) in [5, 5.41) is 15.5. The zero-order valence-electron chi connectivity index (χ0n) is 15.6. The van der Waals surface area contributed by atoms with E-state index < -0.39 is 0 Å². The van der Waals surface area contributed by atoms with Crippen LogP contribution in [0.4, 0.5) is 10.8 Å². The number of rotatable bonds is 8. The summed E-state index contributed by atoms with van der Waals surface area (Å²) in [6.07, 6.45) is 1.08. The quantitative estimate of drug-likeness (QED) is 0.469. The van der Waals surface area contributed by atoms with Gasteiger partial charge >= 0.3 is 0 Å². The number of anilines is 2. The second-order valence-electron chi connectivity index (χ2n) is 5.95. The summed E-state index contributed by atoms with van der Waals surface area (Å²) in [5.74, 6) is 0.123. The average molecular weight is 447 g/mol. The summed E-state index contributed by atoms with van der Waals surface area (Å²) in [4.78, 5) is 26.0.